The normalized spacial score (nSPS) is 12.2. The fourth-order valence-electron chi connectivity index (χ4n) is 1.61. The largest absolute Gasteiger partial charge is 0.479 e. The molecule has 1 rings (SSSR count). The van der Waals surface area contributed by atoms with Gasteiger partial charge in [0.15, 0.2) is 11.9 Å². The van der Waals surface area contributed by atoms with E-state index in [9.17, 15) is 14.7 Å². The first-order chi connectivity index (χ1) is 8.02. The molecular weight excluding hydrogens is 288 g/mol. The summed E-state index contributed by atoms with van der Waals surface area (Å²) in [7, 11) is 0. The number of carbonyl (C=O) groups is 2. The summed E-state index contributed by atoms with van der Waals surface area (Å²) in [5.41, 5.74) is 1.15. The van der Waals surface area contributed by atoms with Crippen molar-refractivity contribution in [3.63, 3.8) is 0 Å². The first kappa shape index (κ1) is 13.9. The summed E-state index contributed by atoms with van der Waals surface area (Å²) in [6, 6.07) is 4.83. The maximum Gasteiger partial charge on any atom is 0.337 e. The molecule has 0 aliphatic heterocycles. The van der Waals surface area contributed by atoms with E-state index in [-0.39, 0.29) is 17.8 Å². The Bertz CT molecular complexity index is 442. The molecule has 1 aromatic carbocycles. The Hall–Kier alpha value is -1.20. The molecule has 0 heterocycles. The van der Waals surface area contributed by atoms with Crippen LogP contribution in [0.1, 0.15) is 40.9 Å². The fourth-order valence-corrected chi connectivity index (χ4v) is 2.08. The van der Waals surface area contributed by atoms with Gasteiger partial charge in [-0.15, -0.1) is 0 Å². The Morgan fingerprint density at radius 2 is 2.06 bits per heavy atom. The number of benzene rings is 1. The highest BCUT2D eigenvalue weighted by atomic mass is 79.9. The molecule has 0 saturated carbocycles. The van der Waals surface area contributed by atoms with Gasteiger partial charge in [0.1, 0.15) is 0 Å². The van der Waals surface area contributed by atoms with Gasteiger partial charge in [0.25, 0.3) is 0 Å². The molecular formula is C12H13BrO4. The van der Waals surface area contributed by atoms with Crippen molar-refractivity contribution in [1.82, 2.24) is 0 Å². The minimum atomic E-state index is -1.67. The molecule has 0 aromatic heterocycles. The van der Waals surface area contributed by atoms with Gasteiger partial charge in [-0.2, -0.15) is 0 Å². The van der Waals surface area contributed by atoms with E-state index in [2.05, 4.69) is 15.9 Å². The number of aliphatic carboxylic acids is 1. The van der Waals surface area contributed by atoms with Crippen molar-refractivity contribution in [3.8, 4) is 0 Å². The summed E-state index contributed by atoms with van der Waals surface area (Å²) in [6.45, 7) is 1.70. The van der Waals surface area contributed by atoms with Gasteiger partial charge in [0.05, 0.1) is 0 Å². The van der Waals surface area contributed by atoms with Crippen molar-refractivity contribution in [2.75, 3.05) is 0 Å². The van der Waals surface area contributed by atoms with Crippen molar-refractivity contribution < 1.29 is 19.8 Å². The summed E-state index contributed by atoms with van der Waals surface area (Å²) in [4.78, 5) is 22.6. The third-order valence-electron chi connectivity index (χ3n) is 2.46. The molecule has 0 spiro atoms. The van der Waals surface area contributed by atoms with Gasteiger partial charge in [-0.25, -0.2) is 4.79 Å². The number of carbonyl (C=O) groups excluding carboxylic acids is 1. The minimum Gasteiger partial charge on any atom is -0.479 e. The van der Waals surface area contributed by atoms with Gasteiger partial charge < -0.3 is 10.2 Å². The average molecular weight is 301 g/mol. The molecule has 0 amide bonds. The van der Waals surface area contributed by atoms with Gasteiger partial charge in [0.2, 0.25) is 0 Å². The number of carboxylic acid groups (broad SMARTS) is 1. The highest BCUT2D eigenvalue weighted by Gasteiger charge is 2.23. The summed E-state index contributed by atoms with van der Waals surface area (Å²) in [5, 5.41) is 18.8. The molecule has 1 atom stereocenters. The van der Waals surface area contributed by atoms with E-state index < -0.39 is 12.1 Å². The average Bonchev–Trinajstić information content (AvgIpc) is 2.35. The standard InChI is InChI=1S/C12H13BrO4/c1-2-9(14)10-7(6-13)4-3-5-8(10)11(15)12(16)17/h3-5,11,15H,2,6H2,1H3,(H,16,17). The molecule has 0 aliphatic rings. The summed E-state index contributed by atoms with van der Waals surface area (Å²) < 4.78 is 0. The monoisotopic (exact) mass is 300 g/mol. The van der Waals surface area contributed by atoms with E-state index in [1.165, 1.54) is 6.07 Å². The van der Waals surface area contributed by atoms with Crippen LogP contribution in [0.15, 0.2) is 18.2 Å². The number of ketones is 1. The SMILES string of the molecule is CCC(=O)c1c(CBr)cccc1C(O)C(=O)O. The van der Waals surface area contributed by atoms with Crippen molar-refractivity contribution in [2.45, 2.75) is 24.8 Å². The summed E-state index contributed by atoms with van der Waals surface area (Å²) >= 11 is 3.24. The Labute approximate surface area is 107 Å². The van der Waals surface area contributed by atoms with E-state index in [1.54, 1.807) is 19.1 Å². The van der Waals surface area contributed by atoms with E-state index in [4.69, 9.17) is 5.11 Å². The highest BCUT2D eigenvalue weighted by Crippen LogP contribution is 2.25. The molecule has 0 fully saturated rings. The zero-order valence-electron chi connectivity index (χ0n) is 9.31. The quantitative estimate of drug-likeness (QED) is 0.646. The lowest BCUT2D eigenvalue weighted by atomic mass is 9.94. The molecule has 0 bridgehead atoms. The predicted molar refractivity (Wildman–Crippen MR) is 66.3 cm³/mol. The Morgan fingerprint density at radius 3 is 2.53 bits per heavy atom. The van der Waals surface area contributed by atoms with Crippen LogP contribution in [0.3, 0.4) is 0 Å². The molecule has 1 unspecified atom stereocenters. The topological polar surface area (TPSA) is 74.6 Å². The smallest absolute Gasteiger partial charge is 0.337 e. The van der Waals surface area contributed by atoms with Crippen LogP contribution in [0, 0.1) is 0 Å². The number of carboxylic acids is 1. The molecule has 1 aromatic rings. The van der Waals surface area contributed by atoms with Crippen molar-refractivity contribution >= 4 is 27.7 Å². The molecule has 4 nitrogen and oxygen atoms in total. The van der Waals surface area contributed by atoms with Gasteiger partial charge in [0, 0.05) is 22.9 Å². The van der Waals surface area contributed by atoms with Crippen molar-refractivity contribution in [2.24, 2.45) is 0 Å². The van der Waals surface area contributed by atoms with Crippen LogP contribution >= 0.6 is 15.9 Å². The van der Waals surface area contributed by atoms with E-state index in [0.717, 1.165) is 0 Å². The number of aliphatic hydroxyl groups excluding tert-OH is 1. The number of aliphatic hydroxyl groups is 1. The fraction of sp³-hybridized carbons (Fsp3) is 0.333. The van der Waals surface area contributed by atoms with Gasteiger partial charge in [-0.05, 0) is 5.56 Å². The Balaban J connectivity index is 3.38. The second-order valence-electron chi connectivity index (χ2n) is 3.53. The number of Topliss-reactive ketones (excluding diaryl/α,β-unsaturated/α-hetero) is 1. The lowest BCUT2D eigenvalue weighted by molar-refractivity contribution is -0.146. The van der Waals surface area contributed by atoms with Crippen LogP contribution in [-0.4, -0.2) is 22.0 Å². The van der Waals surface area contributed by atoms with E-state index in [0.29, 0.717) is 16.5 Å². The first-order valence-electron chi connectivity index (χ1n) is 5.14. The number of halogens is 1. The molecule has 17 heavy (non-hydrogen) atoms. The maximum atomic E-state index is 11.8. The lowest BCUT2D eigenvalue weighted by Crippen LogP contribution is -2.16. The number of hydrogen-bond donors (Lipinski definition) is 2. The number of alkyl halides is 1. The number of rotatable bonds is 5. The third-order valence-corrected chi connectivity index (χ3v) is 3.06. The van der Waals surface area contributed by atoms with Crippen LogP contribution in [0.25, 0.3) is 0 Å². The zero-order valence-corrected chi connectivity index (χ0v) is 10.9. The zero-order chi connectivity index (χ0) is 13.0. The molecule has 0 saturated heterocycles. The van der Waals surface area contributed by atoms with Crippen LogP contribution in [0.2, 0.25) is 0 Å². The van der Waals surface area contributed by atoms with E-state index in [1.807, 2.05) is 0 Å². The first-order valence-corrected chi connectivity index (χ1v) is 6.26. The molecule has 0 radical (unpaired) electrons. The second kappa shape index (κ2) is 5.93. The summed E-state index contributed by atoms with van der Waals surface area (Å²) in [6.07, 6.45) is -1.40. The Kier molecular flexibility index (Phi) is 4.84. The minimum absolute atomic E-state index is 0.154. The van der Waals surface area contributed by atoms with Gasteiger partial charge in [-0.3, -0.25) is 4.79 Å². The highest BCUT2D eigenvalue weighted by molar-refractivity contribution is 9.08. The van der Waals surface area contributed by atoms with Crippen LogP contribution in [0.4, 0.5) is 0 Å². The van der Waals surface area contributed by atoms with Crippen LogP contribution in [0.5, 0.6) is 0 Å². The predicted octanol–water partition coefficient (Wildman–Crippen LogP) is 2.29. The van der Waals surface area contributed by atoms with Crippen LogP contribution in [-0.2, 0) is 10.1 Å². The van der Waals surface area contributed by atoms with Gasteiger partial charge in [-0.1, -0.05) is 41.1 Å². The van der Waals surface area contributed by atoms with Crippen molar-refractivity contribution in [1.29, 1.82) is 0 Å². The molecule has 92 valence electrons. The number of hydrogen-bond acceptors (Lipinski definition) is 3. The molecule has 2 N–H and O–H groups in total. The second-order valence-corrected chi connectivity index (χ2v) is 4.09. The van der Waals surface area contributed by atoms with Gasteiger partial charge >= 0.3 is 5.97 Å². The van der Waals surface area contributed by atoms with Crippen LogP contribution < -0.4 is 0 Å². The maximum absolute atomic E-state index is 11.8. The summed E-state index contributed by atoms with van der Waals surface area (Å²) in [5.74, 6) is -1.53. The van der Waals surface area contributed by atoms with E-state index >= 15 is 0 Å². The molecule has 5 heteroatoms. The third kappa shape index (κ3) is 2.92. The molecule has 0 aliphatic carbocycles. The van der Waals surface area contributed by atoms with Crippen molar-refractivity contribution in [3.05, 3.63) is 34.9 Å². The lowest BCUT2D eigenvalue weighted by Gasteiger charge is -2.14. The Morgan fingerprint density at radius 1 is 1.41 bits per heavy atom.